The van der Waals surface area contributed by atoms with Crippen LogP contribution in [0.25, 0.3) is 11.2 Å². The summed E-state index contributed by atoms with van der Waals surface area (Å²) in [5.41, 5.74) is 11.6. The second kappa shape index (κ2) is 5.76. The van der Waals surface area contributed by atoms with Gasteiger partial charge < -0.3 is 15.4 Å². The number of thiol groups is 1. The van der Waals surface area contributed by atoms with E-state index in [4.69, 9.17) is 20.9 Å². The van der Waals surface area contributed by atoms with E-state index in [2.05, 4.69) is 32.1 Å². The summed E-state index contributed by atoms with van der Waals surface area (Å²) in [5, 5.41) is 0.392. The van der Waals surface area contributed by atoms with Crippen LogP contribution in [0.3, 0.4) is 0 Å². The largest absolute Gasteiger partial charge is 0.400 e. The van der Waals surface area contributed by atoms with Crippen molar-refractivity contribution in [2.75, 3.05) is 12.3 Å². The Morgan fingerprint density at radius 1 is 1.55 bits per heavy atom. The number of hydrogen-bond acceptors (Lipinski definition) is 8. The van der Waals surface area contributed by atoms with Gasteiger partial charge in [-0.3, -0.25) is 9.09 Å². The van der Waals surface area contributed by atoms with E-state index in [0.717, 1.165) is 0 Å². The lowest BCUT2D eigenvalue weighted by atomic mass is 10.2. The first-order valence-electron chi connectivity index (χ1n) is 6.44. The molecule has 0 amide bonds. The van der Waals surface area contributed by atoms with Gasteiger partial charge in [0.1, 0.15) is 16.8 Å². The second-order valence-electron chi connectivity index (χ2n) is 4.88. The molecule has 0 radical (unpaired) electrons. The molecule has 1 aliphatic rings. The van der Waals surface area contributed by atoms with E-state index in [0.29, 0.717) is 29.0 Å². The number of nitrogens with two attached hydrogens (primary N) is 2. The highest BCUT2D eigenvalue weighted by atomic mass is 32.1. The summed E-state index contributed by atoms with van der Waals surface area (Å²) in [6.45, 7) is -0.0532. The molecule has 12 heteroatoms. The smallest absolute Gasteiger partial charge is 0.368 e. The van der Waals surface area contributed by atoms with Crippen LogP contribution < -0.4 is 11.2 Å². The average molecular weight is 346 g/mol. The Balaban J connectivity index is 1.77. The Labute approximate surface area is 130 Å². The molecular formula is C10H15N6O4PS. The Morgan fingerprint density at radius 2 is 2.32 bits per heavy atom. The summed E-state index contributed by atoms with van der Waals surface area (Å²) < 4.78 is 23.1. The molecule has 120 valence electrons. The average Bonchev–Trinajstić information content (AvgIpc) is 3.01. The molecule has 0 aromatic carbocycles. The molecule has 3 rings (SSSR count). The molecular weight excluding hydrogens is 331 g/mol. The van der Waals surface area contributed by atoms with Crippen molar-refractivity contribution in [3.63, 3.8) is 0 Å². The number of rotatable bonds is 4. The first-order chi connectivity index (χ1) is 10.3. The first-order valence-corrected chi connectivity index (χ1v) is 8.53. The maximum absolute atomic E-state index is 10.9. The monoisotopic (exact) mass is 346 g/mol. The fourth-order valence-electron chi connectivity index (χ4n) is 2.33. The lowest BCUT2D eigenvalue weighted by Gasteiger charge is -2.16. The third kappa shape index (κ3) is 3.24. The number of fused-ring (bicyclic) bond motifs is 1. The molecule has 0 saturated carbocycles. The SMILES string of the molecule is Nc1nc(S)c2ncn(C3CCC(COP(N)(=O)O)O3)c2n1. The number of imidazole rings is 1. The molecule has 0 bridgehead atoms. The predicted octanol–water partition coefficient (Wildman–Crippen LogP) is 0.450. The molecule has 5 N–H and O–H groups in total. The van der Waals surface area contributed by atoms with Crippen LogP contribution >= 0.6 is 20.4 Å². The molecule has 10 nitrogen and oxygen atoms in total. The van der Waals surface area contributed by atoms with Crippen molar-refractivity contribution in [3.05, 3.63) is 6.33 Å². The molecule has 0 spiro atoms. The highest BCUT2D eigenvalue weighted by molar-refractivity contribution is 7.80. The maximum Gasteiger partial charge on any atom is 0.400 e. The summed E-state index contributed by atoms with van der Waals surface area (Å²) >= 11 is 4.22. The van der Waals surface area contributed by atoms with Crippen LogP contribution in [0.1, 0.15) is 19.1 Å². The van der Waals surface area contributed by atoms with Gasteiger partial charge in [-0.2, -0.15) is 4.98 Å². The van der Waals surface area contributed by atoms with Crippen LogP contribution in [0.15, 0.2) is 11.4 Å². The molecule has 2 aromatic heterocycles. The zero-order valence-corrected chi connectivity index (χ0v) is 13.2. The van der Waals surface area contributed by atoms with E-state index < -0.39 is 7.75 Å². The lowest BCUT2D eigenvalue weighted by molar-refractivity contribution is -0.0175. The zero-order valence-electron chi connectivity index (χ0n) is 11.4. The van der Waals surface area contributed by atoms with Gasteiger partial charge in [-0.25, -0.2) is 20.0 Å². The molecule has 1 fully saturated rings. The van der Waals surface area contributed by atoms with Gasteiger partial charge in [-0.1, -0.05) is 0 Å². The molecule has 3 heterocycles. The van der Waals surface area contributed by atoms with E-state index in [1.807, 2.05) is 0 Å². The highest BCUT2D eigenvalue weighted by Gasteiger charge is 2.30. The predicted molar refractivity (Wildman–Crippen MR) is 80.1 cm³/mol. The molecule has 3 unspecified atom stereocenters. The van der Waals surface area contributed by atoms with E-state index >= 15 is 0 Å². The number of nitrogens with zero attached hydrogens (tertiary/aromatic N) is 4. The van der Waals surface area contributed by atoms with Crippen LogP contribution in [0.4, 0.5) is 5.95 Å². The van der Waals surface area contributed by atoms with Gasteiger partial charge >= 0.3 is 7.75 Å². The van der Waals surface area contributed by atoms with Crippen molar-refractivity contribution < 1.29 is 18.7 Å². The second-order valence-corrected chi connectivity index (χ2v) is 6.69. The van der Waals surface area contributed by atoms with Gasteiger partial charge in [0, 0.05) is 0 Å². The van der Waals surface area contributed by atoms with Crippen LogP contribution in [0.5, 0.6) is 0 Å². The third-order valence-corrected chi connectivity index (χ3v) is 4.09. The quantitative estimate of drug-likeness (QED) is 0.351. The number of aromatic nitrogens is 4. The van der Waals surface area contributed by atoms with Crippen LogP contribution in [-0.2, 0) is 13.8 Å². The standard InChI is InChI=1S/C10H15N6O4PS/c11-10-14-8-7(9(22)15-10)13-4-16(8)6-2-1-5(20-6)3-19-21(12,17)18/h4-6H,1-3H2,(H3,12,17,18)(H3,11,14,15,22). The molecule has 0 aliphatic carbocycles. The third-order valence-electron chi connectivity index (χ3n) is 3.26. The zero-order chi connectivity index (χ0) is 15.9. The number of anilines is 1. The van der Waals surface area contributed by atoms with Crippen molar-refractivity contribution in [2.45, 2.75) is 30.2 Å². The summed E-state index contributed by atoms with van der Waals surface area (Å²) in [6.07, 6.45) is 2.24. The van der Waals surface area contributed by atoms with Gasteiger partial charge in [-0.15, -0.1) is 12.6 Å². The number of nitrogen functional groups attached to an aromatic ring is 1. The minimum atomic E-state index is -4.00. The van der Waals surface area contributed by atoms with Crippen molar-refractivity contribution >= 4 is 37.5 Å². The van der Waals surface area contributed by atoms with Gasteiger partial charge in [0.05, 0.1) is 19.0 Å². The fourth-order valence-corrected chi connectivity index (χ4v) is 2.97. The van der Waals surface area contributed by atoms with Crippen LogP contribution in [0, 0.1) is 0 Å². The van der Waals surface area contributed by atoms with Crippen molar-refractivity contribution in [1.29, 1.82) is 0 Å². The van der Waals surface area contributed by atoms with E-state index in [1.165, 1.54) is 0 Å². The fraction of sp³-hybridized carbons (Fsp3) is 0.500. The molecule has 22 heavy (non-hydrogen) atoms. The van der Waals surface area contributed by atoms with E-state index in [9.17, 15) is 4.57 Å². The van der Waals surface area contributed by atoms with Crippen LogP contribution in [0.2, 0.25) is 0 Å². The lowest BCUT2D eigenvalue weighted by Crippen LogP contribution is -2.17. The minimum absolute atomic E-state index is 0.0532. The molecule has 3 atom stereocenters. The summed E-state index contributed by atoms with van der Waals surface area (Å²) in [7, 11) is -4.00. The number of hydrogen-bond donors (Lipinski definition) is 4. The van der Waals surface area contributed by atoms with Crippen molar-refractivity contribution in [2.24, 2.45) is 5.50 Å². The Hall–Kier alpha value is -1.23. The first kappa shape index (κ1) is 15.7. The van der Waals surface area contributed by atoms with Crippen LogP contribution in [-0.4, -0.2) is 37.1 Å². The summed E-state index contributed by atoms with van der Waals surface area (Å²) in [6, 6.07) is 0. The summed E-state index contributed by atoms with van der Waals surface area (Å²) in [5.74, 6) is 0.0986. The van der Waals surface area contributed by atoms with Gasteiger partial charge in [0.25, 0.3) is 0 Å². The Morgan fingerprint density at radius 3 is 3.05 bits per heavy atom. The van der Waals surface area contributed by atoms with Gasteiger partial charge in [0.15, 0.2) is 5.65 Å². The Kier molecular flexibility index (Phi) is 4.10. The van der Waals surface area contributed by atoms with Crippen molar-refractivity contribution in [1.82, 2.24) is 19.5 Å². The van der Waals surface area contributed by atoms with Gasteiger partial charge in [0.2, 0.25) is 5.95 Å². The van der Waals surface area contributed by atoms with Crippen molar-refractivity contribution in [3.8, 4) is 0 Å². The molecule has 2 aromatic rings. The number of ether oxygens (including phenoxy) is 1. The van der Waals surface area contributed by atoms with E-state index in [-0.39, 0.29) is 24.9 Å². The maximum atomic E-state index is 10.9. The topological polar surface area (TPSA) is 151 Å². The molecule has 1 saturated heterocycles. The molecule has 1 aliphatic heterocycles. The highest BCUT2D eigenvalue weighted by Crippen LogP contribution is 2.36. The van der Waals surface area contributed by atoms with E-state index in [1.54, 1.807) is 10.9 Å². The normalized spacial score (nSPS) is 24.7. The minimum Gasteiger partial charge on any atom is -0.368 e. The summed E-state index contributed by atoms with van der Waals surface area (Å²) in [4.78, 5) is 21.2. The Bertz CT molecular complexity index is 748. The van der Waals surface area contributed by atoms with Gasteiger partial charge in [-0.05, 0) is 12.8 Å².